The zero-order valence-corrected chi connectivity index (χ0v) is 16.1. The second kappa shape index (κ2) is 7.71. The molecule has 3 N–H and O–H groups in total. The van der Waals surface area contributed by atoms with E-state index in [0.717, 1.165) is 28.3 Å². The monoisotopic (exact) mass is 389 g/mol. The van der Waals surface area contributed by atoms with Gasteiger partial charge in [0.05, 0.1) is 29.7 Å². The molecule has 2 heterocycles. The van der Waals surface area contributed by atoms with Gasteiger partial charge in [0, 0.05) is 35.0 Å². The average molecular weight is 389 g/mol. The van der Waals surface area contributed by atoms with Crippen LogP contribution in [-0.2, 0) is 11.3 Å². The van der Waals surface area contributed by atoms with Crippen molar-refractivity contribution in [2.24, 2.45) is 0 Å². The van der Waals surface area contributed by atoms with Crippen LogP contribution in [0.4, 0.5) is 21.5 Å². The smallest absolute Gasteiger partial charge is 0.257 e. The molecule has 2 aromatic carbocycles. The molecule has 6 nitrogen and oxygen atoms in total. The number of nitrogens with one attached hydrogen (secondary N) is 3. The molecule has 0 saturated carbocycles. The molecule has 1 aliphatic rings. The van der Waals surface area contributed by atoms with Gasteiger partial charge in [-0.1, -0.05) is 0 Å². The fourth-order valence-electron chi connectivity index (χ4n) is 3.11. The summed E-state index contributed by atoms with van der Waals surface area (Å²) in [5, 5.41) is 9.21. The number of aryl methyl sites for hydroxylation is 2. The van der Waals surface area contributed by atoms with Crippen molar-refractivity contribution in [3.05, 3.63) is 83.3 Å². The first-order valence-corrected chi connectivity index (χ1v) is 9.19. The lowest BCUT2D eigenvalue weighted by Crippen LogP contribution is -2.05. The summed E-state index contributed by atoms with van der Waals surface area (Å²) in [5.41, 5.74) is 6.16. The Labute approximate surface area is 167 Å². The highest BCUT2D eigenvalue weighted by atomic mass is 19.1. The summed E-state index contributed by atoms with van der Waals surface area (Å²) in [4.78, 5) is 20.7. The van der Waals surface area contributed by atoms with Crippen LogP contribution in [0.2, 0.25) is 0 Å². The molecule has 146 valence electrons. The van der Waals surface area contributed by atoms with Crippen molar-refractivity contribution in [1.82, 2.24) is 9.97 Å². The maximum Gasteiger partial charge on any atom is 0.257 e. The van der Waals surface area contributed by atoms with Crippen LogP contribution in [0.1, 0.15) is 22.5 Å². The molecule has 3 aromatic rings. The Morgan fingerprint density at radius 1 is 1.10 bits per heavy atom. The molecule has 0 aliphatic carbocycles. The third-order valence-corrected chi connectivity index (χ3v) is 4.67. The Hall–Kier alpha value is -3.74. The number of fused-ring (bicyclic) bond motifs is 1. The number of aromatic nitrogens is 2. The molecular weight excluding hydrogens is 369 g/mol. The molecule has 0 fully saturated rings. The van der Waals surface area contributed by atoms with Crippen molar-refractivity contribution in [2.45, 2.75) is 20.4 Å². The van der Waals surface area contributed by atoms with Gasteiger partial charge in [0.1, 0.15) is 5.82 Å². The van der Waals surface area contributed by atoms with Crippen molar-refractivity contribution in [1.29, 1.82) is 0 Å². The number of nitrogens with zero attached hydrogens (tertiary/aromatic N) is 2. The highest BCUT2D eigenvalue weighted by molar-refractivity contribution is 6.31. The van der Waals surface area contributed by atoms with Gasteiger partial charge in [-0.25, -0.2) is 4.39 Å². The Kier molecular flexibility index (Phi) is 4.95. The topological polar surface area (TPSA) is 78.9 Å². The van der Waals surface area contributed by atoms with Gasteiger partial charge in [-0.2, -0.15) is 0 Å². The van der Waals surface area contributed by atoms with Gasteiger partial charge in [0.2, 0.25) is 0 Å². The minimum atomic E-state index is -0.379. The van der Waals surface area contributed by atoms with Crippen LogP contribution in [-0.4, -0.2) is 15.9 Å². The van der Waals surface area contributed by atoms with Gasteiger partial charge >= 0.3 is 0 Å². The summed E-state index contributed by atoms with van der Waals surface area (Å²) in [6.45, 7) is 4.47. The lowest BCUT2D eigenvalue weighted by atomic mass is 10.1. The zero-order chi connectivity index (χ0) is 20.4. The van der Waals surface area contributed by atoms with E-state index in [1.165, 1.54) is 12.1 Å². The van der Waals surface area contributed by atoms with E-state index in [1.807, 2.05) is 32.0 Å². The predicted octanol–water partition coefficient (Wildman–Crippen LogP) is 4.25. The van der Waals surface area contributed by atoms with Gasteiger partial charge in [-0.3, -0.25) is 14.8 Å². The molecule has 0 spiro atoms. The van der Waals surface area contributed by atoms with E-state index >= 15 is 0 Å². The van der Waals surface area contributed by atoms with Crippen LogP contribution < -0.4 is 16.0 Å². The van der Waals surface area contributed by atoms with E-state index in [9.17, 15) is 9.18 Å². The average Bonchev–Trinajstić information content (AvgIpc) is 3.01. The Balaban J connectivity index is 1.46. The fourth-order valence-corrected chi connectivity index (χ4v) is 3.11. The largest absolute Gasteiger partial charge is 0.379 e. The van der Waals surface area contributed by atoms with Crippen LogP contribution in [0.5, 0.6) is 0 Å². The normalized spacial score (nSPS) is 13.9. The summed E-state index contributed by atoms with van der Waals surface area (Å²) >= 11 is 0. The molecule has 0 atom stereocenters. The Bertz CT molecular complexity index is 1110. The van der Waals surface area contributed by atoms with Crippen molar-refractivity contribution >= 4 is 28.5 Å². The molecular formula is C22H20FN5O. The summed E-state index contributed by atoms with van der Waals surface area (Å²) < 4.78 is 13.5. The van der Waals surface area contributed by atoms with Crippen molar-refractivity contribution in [2.75, 3.05) is 16.0 Å². The number of hydrogen-bond donors (Lipinski definition) is 3. The maximum atomic E-state index is 13.5. The molecule has 7 heteroatoms. The van der Waals surface area contributed by atoms with Crippen LogP contribution in [0.15, 0.2) is 55.0 Å². The van der Waals surface area contributed by atoms with Crippen LogP contribution in [0, 0.1) is 19.7 Å². The molecule has 1 amide bonds. The van der Waals surface area contributed by atoms with Gasteiger partial charge in [0.25, 0.3) is 5.91 Å². The highest BCUT2D eigenvalue weighted by Gasteiger charge is 2.24. The number of anilines is 3. The minimum Gasteiger partial charge on any atom is -0.379 e. The maximum absolute atomic E-state index is 13.5. The lowest BCUT2D eigenvalue weighted by molar-refractivity contribution is -0.110. The highest BCUT2D eigenvalue weighted by Crippen LogP contribution is 2.32. The molecule has 29 heavy (non-hydrogen) atoms. The summed E-state index contributed by atoms with van der Waals surface area (Å²) in [7, 11) is 0. The van der Waals surface area contributed by atoms with E-state index in [2.05, 4.69) is 25.9 Å². The molecule has 1 aliphatic heterocycles. The first kappa shape index (κ1) is 18.6. The minimum absolute atomic E-state index is 0.257. The number of carbonyl (C=O) groups excluding carboxylic acids is 1. The lowest BCUT2D eigenvalue weighted by Gasteiger charge is -2.11. The first-order valence-electron chi connectivity index (χ1n) is 9.19. The van der Waals surface area contributed by atoms with Crippen LogP contribution in [0.25, 0.3) is 5.57 Å². The molecule has 1 aromatic heterocycles. The Morgan fingerprint density at radius 3 is 2.72 bits per heavy atom. The quantitative estimate of drug-likeness (QED) is 0.569. The number of hydrogen-bond acceptors (Lipinski definition) is 5. The Morgan fingerprint density at radius 2 is 1.97 bits per heavy atom. The van der Waals surface area contributed by atoms with E-state index in [1.54, 1.807) is 24.7 Å². The SMILES string of the molecule is Cc1cnc(CNc2ccc(NC=C3C(=O)Nc4ccc(F)cc43)cc2C)cn1. The summed E-state index contributed by atoms with van der Waals surface area (Å²) in [5.74, 6) is -0.636. The van der Waals surface area contributed by atoms with Crippen molar-refractivity contribution in [3.63, 3.8) is 0 Å². The van der Waals surface area contributed by atoms with E-state index < -0.39 is 0 Å². The number of benzene rings is 2. The predicted molar refractivity (Wildman–Crippen MR) is 112 cm³/mol. The number of rotatable bonds is 5. The second-order valence-electron chi connectivity index (χ2n) is 6.88. The van der Waals surface area contributed by atoms with Crippen molar-refractivity contribution in [3.8, 4) is 0 Å². The molecule has 4 rings (SSSR count). The molecule has 0 radical (unpaired) electrons. The second-order valence-corrected chi connectivity index (χ2v) is 6.88. The standard InChI is InChI=1S/C22H20FN5O/c1-13-7-16(4-6-20(13)27-11-17-10-24-14(2)9-25-17)26-12-19-18-8-15(23)3-5-21(18)28-22(19)29/h3-10,12,26-27H,11H2,1-2H3,(H,28,29). The third kappa shape index (κ3) is 4.08. The van der Waals surface area contributed by atoms with Gasteiger partial charge in [-0.15, -0.1) is 0 Å². The van der Waals surface area contributed by atoms with Gasteiger partial charge in [-0.05, 0) is 55.8 Å². The zero-order valence-electron chi connectivity index (χ0n) is 16.1. The van der Waals surface area contributed by atoms with Crippen molar-refractivity contribution < 1.29 is 9.18 Å². The third-order valence-electron chi connectivity index (χ3n) is 4.67. The number of carbonyl (C=O) groups is 1. The first-order chi connectivity index (χ1) is 14.0. The summed E-state index contributed by atoms with van der Waals surface area (Å²) in [6.07, 6.45) is 5.10. The molecule has 0 bridgehead atoms. The number of halogens is 1. The van der Waals surface area contributed by atoms with Crippen LogP contribution in [0.3, 0.4) is 0 Å². The van der Waals surface area contributed by atoms with E-state index in [-0.39, 0.29) is 11.7 Å². The molecule has 0 unspecified atom stereocenters. The van der Waals surface area contributed by atoms with Crippen LogP contribution >= 0.6 is 0 Å². The summed E-state index contributed by atoms with van der Waals surface area (Å²) in [6, 6.07) is 10.1. The van der Waals surface area contributed by atoms with E-state index in [4.69, 9.17) is 0 Å². The van der Waals surface area contributed by atoms with Gasteiger partial charge < -0.3 is 16.0 Å². The number of amides is 1. The fraction of sp³-hybridized carbons (Fsp3) is 0.136. The molecule has 0 saturated heterocycles. The van der Waals surface area contributed by atoms with E-state index in [0.29, 0.717) is 23.4 Å². The van der Waals surface area contributed by atoms with Gasteiger partial charge in [0.15, 0.2) is 0 Å².